The molecule has 0 saturated heterocycles. The van der Waals surface area contributed by atoms with E-state index in [4.69, 9.17) is 28.2 Å². The Morgan fingerprint density at radius 1 is 1.18 bits per heavy atom. The number of rotatable bonds is 11. The molecule has 1 aromatic rings. The number of halogens is 6. The summed E-state index contributed by atoms with van der Waals surface area (Å²) in [5, 5.41) is 3.91. The zero-order valence-electron chi connectivity index (χ0n) is 22.4. The highest BCUT2D eigenvalue weighted by molar-refractivity contribution is 7.89. The smallest absolute Gasteiger partial charge is 0.253 e. The Morgan fingerprint density at radius 2 is 1.80 bits per heavy atom. The molecule has 6 rings (SSSR count). The fourth-order valence-corrected chi connectivity index (χ4v) is 8.54. The van der Waals surface area contributed by atoms with Crippen LogP contribution in [0.5, 0.6) is 0 Å². The molecular weight excluding hydrogens is 595 g/mol. The molecule has 40 heavy (non-hydrogen) atoms. The first kappa shape index (κ1) is 29.8. The van der Waals surface area contributed by atoms with Crippen LogP contribution in [0.25, 0.3) is 0 Å². The SMILES string of the molecule is CN(C[C@H]1CC1(F)F)C(=O)[C@@H]1N=C(C23CC(N(Cc4ccc(Cl)c(Cl)c4)S(=O)(=O)CCC(F)F)(C2)C3)NC1(C)C. The number of likely N-dealkylation sites (N-methyl/N-ethyl adjacent to an activating group) is 1. The first-order chi connectivity index (χ1) is 18.4. The van der Waals surface area contributed by atoms with Crippen molar-refractivity contribution < 1.29 is 30.8 Å². The summed E-state index contributed by atoms with van der Waals surface area (Å²) in [5.41, 5.74) is -1.42. The van der Waals surface area contributed by atoms with E-state index in [0.29, 0.717) is 35.7 Å². The molecule has 1 aliphatic heterocycles. The molecule has 7 nitrogen and oxygen atoms in total. The number of amides is 1. The molecule has 4 fully saturated rings. The molecular formula is C26H32Cl2F4N4O3S. The average molecular weight is 628 g/mol. The van der Waals surface area contributed by atoms with Crippen LogP contribution in [-0.4, -0.2) is 78.2 Å². The minimum absolute atomic E-state index is 0.0400. The van der Waals surface area contributed by atoms with Crippen molar-refractivity contribution in [3.8, 4) is 0 Å². The minimum Gasteiger partial charge on any atom is -0.366 e. The summed E-state index contributed by atoms with van der Waals surface area (Å²) in [7, 11) is -2.55. The second-order valence-corrected chi connectivity index (χ2v) is 15.2. The van der Waals surface area contributed by atoms with Crippen molar-refractivity contribution in [3.63, 3.8) is 0 Å². The highest BCUT2D eigenvalue weighted by atomic mass is 35.5. The van der Waals surface area contributed by atoms with Crippen molar-refractivity contribution in [2.24, 2.45) is 16.3 Å². The number of carbonyl (C=O) groups is 1. The first-order valence-electron chi connectivity index (χ1n) is 13.1. The number of benzene rings is 1. The van der Waals surface area contributed by atoms with Crippen LogP contribution in [0.2, 0.25) is 10.0 Å². The van der Waals surface area contributed by atoms with Gasteiger partial charge in [-0.3, -0.25) is 9.79 Å². The second-order valence-electron chi connectivity index (χ2n) is 12.4. The van der Waals surface area contributed by atoms with Gasteiger partial charge >= 0.3 is 0 Å². The van der Waals surface area contributed by atoms with Crippen LogP contribution in [0, 0.1) is 11.3 Å². The molecule has 2 atom stereocenters. The van der Waals surface area contributed by atoms with Gasteiger partial charge in [0.1, 0.15) is 5.84 Å². The number of hydrogen-bond acceptors (Lipinski definition) is 5. The van der Waals surface area contributed by atoms with E-state index >= 15 is 0 Å². The van der Waals surface area contributed by atoms with E-state index in [9.17, 15) is 30.8 Å². The Bertz CT molecular complexity index is 1340. The van der Waals surface area contributed by atoms with Crippen molar-refractivity contribution in [2.45, 2.75) is 82.0 Å². The normalized spacial score (nSPS) is 31.3. The van der Waals surface area contributed by atoms with Gasteiger partial charge in [-0.15, -0.1) is 0 Å². The van der Waals surface area contributed by atoms with E-state index in [1.54, 1.807) is 18.2 Å². The number of sulfonamides is 1. The van der Waals surface area contributed by atoms with E-state index < -0.39 is 63.0 Å². The van der Waals surface area contributed by atoms with Gasteiger partial charge in [0.25, 0.3) is 5.92 Å². The Labute approximate surface area is 241 Å². The molecule has 1 amide bonds. The number of alkyl halides is 4. The molecule has 0 aromatic heterocycles. The summed E-state index contributed by atoms with van der Waals surface area (Å²) < 4.78 is 80.7. The number of hydrogen-bond donors (Lipinski definition) is 1. The molecule has 222 valence electrons. The van der Waals surface area contributed by atoms with Gasteiger partial charge in [0.05, 0.1) is 21.3 Å². The largest absolute Gasteiger partial charge is 0.366 e. The Balaban J connectivity index is 1.33. The van der Waals surface area contributed by atoms with E-state index in [-0.39, 0.29) is 30.4 Å². The number of carbonyl (C=O) groups excluding carboxylic acids is 1. The summed E-state index contributed by atoms with van der Waals surface area (Å²) in [6.45, 7) is 3.55. The van der Waals surface area contributed by atoms with Crippen molar-refractivity contribution in [3.05, 3.63) is 33.8 Å². The molecule has 2 bridgehead atoms. The highest BCUT2D eigenvalue weighted by Crippen LogP contribution is 2.71. The summed E-state index contributed by atoms with van der Waals surface area (Å²) in [6, 6.07) is 3.97. The van der Waals surface area contributed by atoms with E-state index in [1.165, 1.54) is 16.3 Å². The number of aliphatic imine (C=N–C) groups is 1. The van der Waals surface area contributed by atoms with Gasteiger partial charge in [-0.2, -0.15) is 4.31 Å². The third-order valence-electron chi connectivity index (χ3n) is 8.72. The lowest BCUT2D eigenvalue weighted by Gasteiger charge is -2.73. The number of amidine groups is 1. The van der Waals surface area contributed by atoms with Crippen LogP contribution in [0.3, 0.4) is 0 Å². The Kier molecular flexibility index (Phi) is 7.24. The minimum atomic E-state index is -4.05. The summed E-state index contributed by atoms with van der Waals surface area (Å²) in [5.74, 6) is -4.01. The van der Waals surface area contributed by atoms with Gasteiger partial charge in [-0.05, 0) is 50.8 Å². The molecule has 4 saturated carbocycles. The van der Waals surface area contributed by atoms with Crippen LogP contribution < -0.4 is 5.32 Å². The monoisotopic (exact) mass is 626 g/mol. The molecule has 0 unspecified atom stereocenters. The number of nitrogens with zero attached hydrogens (tertiary/aromatic N) is 3. The Morgan fingerprint density at radius 3 is 2.35 bits per heavy atom. The molecule has 1 N–H and O–H groups in total. The van der Waals surface area contributed by atoms with Crippen molar-refractivity contribution in [1.29, 1.82) is 0 Å². The maximum atomic E-state index is 13.4. The molecule has 4 aliphatic carbocycles. The van der Waals surface area contributed by atoms with Crippen molar-refractivity contribution >= 4 is 45.0 Å². The molecule has 1 heterocycles. The summed E-state index contributed by atoms with van der Waals surface area (Å²) in [4.78, 5) is 19.2. The van der Waals surface area contributed by atoms with Crippen LogP contribution in [-0.2, 0) is 21.4 Å². The van der Waals surface area contributed by atoms with Crippen LogP contribution in [0.15, 0.2) is 23.2 Å². The average Bonchev–Trinajstić information content (AvgIpc) is 3.25. The predicted octanol–water partition coefficient (Wildman–Crippen LogP) is 4.97. The molecule has 0 spiro atoms. The molecule has 5 aliphatic rings. The Hall–Kier alpha value is -1.63. The lowest BCUT2D eigenvalue weighted by atomic mass is 9.38. The third kappa shape index (κ3) is 5.22. The van der Waals surface area contributed by atoms with Gasteiger partial charge in [0.15, 0.2) is 6.04 Å². The van der Waals surface area contributed by atoms with Crippen LogP contribution >= 0.6 is 23.2 Å². The first-order valence-corrected chi connectivity index (χ1v) is 15.5. The van der Waals surface area contributed by atoms with Gasteiger partial charge in [-0.25, -0.2) is 26.0 Å². The van der Waals surface area contributed by atoms with E-state index in [0.717, 1.165) is 0 Å². The quantitative estimate of drug-likeness (QED) is 0.352. The van der Waals surface area contributed by atoms with Gasteiger partial charge < -0.3 is 10.2 Å². The fourth-order valence-electron chi connectivity index (χ4n) is 6.39. The maximum absolute atomic E-state index is 13.4. The fraction of sp³-hybridized carbons (Fsp3) is 0.692. The highest BCUT2D eigenvalue weighted by Gasteiger charge is 2.75. The summed E-state index contributed by atoms with van der Waals surface area (Å²) in [6.07, 6.45) is -2.49. The standard InChI is InChI=1S/C26H32Cl2F4N4O3S/c1-23(2)20(21(37)35(3)11-16-9-26(16,31)32)33-22(34-23)24-12-25(13-24,14-24)36(40(38,39)7-6-19(29)30)10-15-4-5-17(27)18(28)8-15/h4-5,8,16,19-20H,6-7,9-14H2,1-3H3,(H,33,34)/t16-,20+,24?,25?/m1/s1. The molecule has 14 heteroatoms. The zero-order valence-corrected chi connectivity index (χ0v) is 24.7. The van der Waals surface area contributed by atoms with E-state index in [1.807, 2.05) is 13.8 Å². The lowest BCUT2D eigenvalue weighted by Crippen LogP contribution is -2.78. The van der Waals surface area contributed by atoms with Gasteiger partial charge in [0, 0.05) is 49.9 Å². The van der Waals surface area contributed by atoms with Crippen LogP contribution in [0.4, 0.5) is 17.6 Å². The third-order valence-corrected chi connectivity index (χ3v) is 11.4. The van der Waals surface area contributed by atoms with Gasteiger partial charge in [-0.1, -0.05) is 29.3 Å². The maximum Gasteiger partial charge on any atom is 0.253 e. The van der Waals surface area contributed by atoms with Crippen LogP contribution in [0.1, 0.15) is 51.5 Å². The zero-order chi connectivity index (χ0) is 29.5. The van der Waals surface area contributed by atoms with Gasteiger partial charge in [0.2, 0.25) is 22.4 Å². The second kappa shape index (κ2) is 9.70. The van der Waals surface area contributed by atoms with Crippen molar-refractivity contribution in [1.82, 2.24) is 14.5 Å². The molecule has 1 aromatic carbocycles. The lowest BCUT2D eigenvalue weighted by molar-refractivity contribution is -0.151. The topological polar surface area (TPSA) is 82.1 Å². The number of nitrogens with one attached hydrogen (secondary N) is 1. The summed E-state index contributed by atoms with van der Waals surface area (Å²) >= 11 is 12.1. The van der Waals surface area contributed by atoms with Crippen molar-refractivity contribution in [2.75, 3.05) is 19.3 Å². The van der Waals surface area contributed by atoms with E-state index in [2.05, 4.69) is 5.32 Å². The predicted molar refractivity (Wildman–Crippen MR) is 145 cm³/mol. The molecule has 0 radical (unpaired) electrons.